The fourth-order valence-corrected chi connectivity index (χ4v) is 3.21. The minimum atomic E-state index is -0.370. The molecule has 116 valence electrons. The number of carbonyl (C=O) groups excluding carboxylic acids is 2. The van der Waals surface area contributed by atoms with E-state index in [1.54, 1.807) is 12.2 Å². The number of imide groups is 1. The van der Waals surface area contributed by atoms with Crippen LogP contribution >= 0.6 is 0 Å². The number of carbonyl (C=O) groups is 2. The normalized spacial score (nSPS) is 21.1. The lowest BCUT2D eigenvalue weighted by Gasteiger charge is -2.26. The Bertz CT molecular complexity index is 772. The quantitative estimate of drug-likeness (QED) is 0.870. The van der Waals surface area contributed by atoms with Crippen molar-refractivity contribution in [2.75, 3.05) is 0 Å². The molecule has 0 spiro atoms. The molecule has 0 saturated heterocycles. The van der Waals surface area contributed by atoms with E-state index in [1.807, 2.05) is 42.2 Å². The minimum Gasteiger partial charge on any atom is -0.333 e. The smallest absolute Gasteiger partial charge is 0.275 e. The molecule has 0 radical (unpaired) electrons. The summed E-state index contributed by atoms with van der Waals surface area (Å²) in [5.41, 5.74) is 3.39. The van der Waals surface area contributed by atoms with Gasteiger partial charge in [0.05, 0.1) is 5.57 Å². The van der Waals surface area contributed by atoms with E-state index in [1.165, 1.54) is 0 Å². The largest absolute Gasteiger partial charge is 0.333 e. The molecule has 4 heteroatoms. The maximum Gasteiger partial charge on any atom is 0.275 e. The van der Waals surface area contributed by atoms with Gasteiger partial charge >= 0.3 is 0 Å². The third-order valence-electron chi connectivity index (χ3n) is 4.19. The molecule has 2 amide bonds. The lowest BCUT2D eigenvalue weighted by Crippen LogP contribution is -2.32. The standard InChI is InChI=1S/C19H18N2O2/c1-4-13-11-12(3)21(15(13)5-2)17-16(18(22)20-19(17)23)14-9-7-6-8-10-14/h4-10,12H,1-2,11H2,3H3,(H,20,22,23). The molecule has 0 saturated carbocycles. The van der Waals surface area contributed by atoms with E-state index in [4.69, 9.17) is 0 Å². The Labute approximate surface area is 135 Å². The van der Waals surface area contributed by atoms with E-state index in [2.05, 4.69) is 18.5 Å². The van der Waals surface area contributed by atoms with E-state index in [0.29, 0.717) is 11.3 Å². The molecule has 2 aliphatic heterocycles. The minimum absolute atomic E-state index is 0.0568. The molecule has 0 fully saturated rings. The highest BCUT2D eigenvalue weighted by atomic mass is 16.2. The zero-order chi connectivity index (χ0) is 16.6. The van der Waals surface area contributed by atoms with E-state index in [9.17, 15) is 9.59 Å². The second-order valence-corrected chi connectivity index (χ2v) is 5.61. The van der Waals surface area contributed by atoms with E-state index in [0.717, 1.165) is 23.3 Å². The van der Waals surface area contributed by atoms with Crippen LogP contribution in [0.25, 0.3) is 5.57 Å². The number of nitrogens with zero attached hydrogens (tertiary/aromatic N) is 1. The summed E-state index contributed by atoms with van der Waals surface area (Å²) in [6.45, 7) is 9.70. The van der Waals surface area contributed by atoms with Crippen molar-refractivity contribution >= 4 is 17.4 Å². The molecular weight excluding hydrogens is 288 g/mol. The number of nitrogens with one attached hydrogen (secondary N) is 1. The highest BCUT2D eigenvalue weighted by Crippen LogP contribution is 2.38. The van der Waals surface area contributed by atoms with Crippen LogP contribution in [0.4, 0.5) is 0 Å². The van der Waals surface area contributed by atoms with Crippen LogP contribution < -0.4 is 5.32 Å². The first-order valence-corrected chi connectivity index (χ1v) is 7.51. The third-order valence-corrected chi connectivity index (χ3v) is 4.19. The molecule has 2 aliphatic rings. The Morgan fingerprint density at radius 3 is 2.43 bits per heavy atom. The van der Waals surface area contributed by atoms with Crippen molar-refractivity contribution in [2.45, 2.75) is 19.4 Å². The second-order valence-electron chi connectivity index (χ2n) is 5.61. The van der Waals surface area contributed by atoms with Gasteiger partial charge < -0.3 is 4.90 Å². The number of hydrogen-bond acceptors (Lipinski definition) is 3. The maximum atomic E-state index is 12.4. The number of rotatable bonds is 4. The molecular formula is C19H18N2O2. The van der Waals surface area contributed by atoms with Crippen LogP contribution in [0.5, 0.6) is 0 Å². The van der Waals surface area contributed by atoms with Gasteiger partial charge in [0.15, 0.2) is 0 Å². The van der Waals surface area contributed by atoms with Gasteiger partial charge in [-0.05, 0) is 30.6 Å². The topological polar surface area (TPSA) is 49.4 Å². The highest BCUT2D eigenvalue weighted by molar-refractivity contribution is 6.35. The van der Waals surface area contributed by atoms with Gasteiger partial charge in [0.2, 0.25) is 0 Å². The lowest BCUT2D eigenvalue weighted by atomic mass is 10.0. The van der Waals surface area contributed by atoms with Crippen molar-refractivity contribution in [3.8, 4) is 0 Å². The molecule has 0 bridgehead atoms. The van der Waals surface area contributed by atoms with Gasteiger partial charge in [0.25, 0.3) is 11.8 Å². The number of allylic oxidation sites excluding steroid dienone is 2. The molecule has 23 heavy (non-hydrogen) atoms. The zero-order valence-electron chi connectivity index (χ0n) is 13.0. The Morgan fingerprint density at radius 2 is 1.83 bits per heavy atom. The van der Waals surface area contributed by atoms with Gasteiger partial charge in [-0.2, -0.15) is 0 Å². The van der Waals surface area contributed by atoms with Crippen LogP contribution in [0.3, 0.4) is 0 Å². The van der Waals surface area contributed by atoms with Crippen molar-refractivity contribution in [3.63, 3.8) is 0 Å². The van der Waals surface area contributed by atoms with E-state index in [-0.39, 0.29) is 17.9 Å². The van der Waals surface area contributed by atoms with Crippen molar-refractivity contribution in [1.82, 2.24) is 10.2 Å². The second kappa shape index (κ2) is 5.72. The molecule has 1 aromatic carbocycles. The molecule has 0 aliphatic carbocycles. The lowest BCUT2D eigenvalue weighted by molar-refractivity contribution is -0.124. The van der Waals surface area contributed by atoms with Crippen molar-refractivity contribution in [3.05, 3.63) is 78.2 Å². The van der Waals surface area contributed by atoms with Crippen LogP contribution in [0.2, 0.25) is 0 Å². The van der Waals surface area contributed by atoms with Crippen LogP contribution in [0.1, 0.15) is 18.9 Å². The number of hydrogen-bond donors (Lipinski definition) is 1. The van der Waals surface area contributed by atoms with Crippen molar-refractivity contribution < 1.29 is 9.59 Å². The molecule has 1 unspecified atom stereocenters. The summed E-state index contributed by atoms with van der Waals surface area (Å²) in [6.07, 6.45) is 4.26. The van der Waals surface area contributed by atoms with Gasteiger partial charge in [-0.1, -0.05) is 49.6 Å². The summed E-state index contributed by atoms with van der Waals surface area (Å²) in [5.74, 6) is -0.732. The summed E-state index contributed by atoms with van der Waals surface area (Å²) in [5, 5.41) is 2.41. The predicted octanol–water partition coefficient (Wildman–Crippen LogP) is 2.77. The molecule has 1 aromatic rings. The Balaban J connectivity index is 2.22. The van der Waals surface area contributed by atoms with Gasteiger partial charge in [0, 0.05) is 11.7 Å². The van der Waals surface area contributed by atoms with Gasteiger partial charge in [-0.15, -0.1) is 0 Å². The van der Waals surface area contributed by atoms with E-state index < -0.39 is 0 Å². The van der Waals surface area contributed by atoms with Crippen molar-refractivity contribution in [1.29, 1.82) is 0 Å². The zero-order valence-corrected chi connectivity index (χ0v) is 13.0. The molecule has 4 nitrogen and oxygen atoms in total. The molecule has 3 rings (SSSR count). The fourth-order valence-electron chi connectivity index (χ4n) is 3.21. The van der Waals surface area contributed by atoms with Crippen molar-refractivity contribution in [2.24, 2.45) is 0 Å². The monoisotopic (exact) mass is 306 g/mol. The van der Waals surface area contributed by atoms with E-state index >= 15 is 0 Å². The van der Waals surface area contributed by atoms with Gasteiger partial charge in [0.1, 0.15) is 5.70 Å². The average molecular weight is 306 g/mol. The third kappa shape index (κ3) is 2.32. The fraction of sp³-hybridized carbons (Fsp3) is 0.158. The summed E-state index contributed by atoms with van der Waals surface area (Å²) in [6, 6.07) is 9.30. The Hall–Kier alpha value is -2.88. The first kappa shape index (κ1) is 15.0. The Morgan fingerprint density at radius 1 is 1.13 bits per heavy atom. The van der Waals surface area contributed by atoms with Gasteiger partial charge in [-0.25, -0.2) is 0 Å². The SMILES string of the molecule is C=CC1=C(C=C)N(C2=C(c3ccccc3)C(=O)NC2=O)C(C)C1. The molecule has 1 atom stereocenters. The first-order valence-electron chi connectivity index (χ1n) is 7.51. The highest BCUT2D eigenvalue weighted by Gasteiger charge is 2.40. The molecule has 2 heterocycles. The summed E-state index contributed by atoms with van der Waals surface area (Å²) in [7, 11) is 0. The summed E-state index contributed by atoms with van der Waals surface area (Å²) < 4.78 is 0. The van der Waals surface area contributed by atoms with Gasteiger partial charge in [-0.3, -0.25) is 14.9 Å². The summed E-state index contributed by atoms with van der Waals surface area (Å²) >= 11 is 0. The maximum absolute atomic E-state index is 12.4. The van der Waals surface area contributed by atoms with Crippen LogP contribution in [0, 0.1) is 0 Å². The van der Waals surface area contributed by atoms with Crippen LogP contribution in [-0.4, -0.2) is 22.8 Å². The first-order chi connectivity index (χ1) is 11.1. The Kier molecular flexibility index (Phi) is 3.74. The molecule has 1 N–H and O–H groups in total. The predicted molar refractivity (Wildman–Crippen MR) is 89.8 cm³/mol. The number of benzene rings is 1. The summed E-state index contributed by atoms with van der Waals surface area (Å²) in [4.78, 5) is 26.7. The number of amides is 2. The average Bonchev–Trinajstić information content (AvgIpc) is 3.02. The van der Waals surface area contributed by atoms with Crippen LogP contribution in [0.15, 0.2) is 72.6 Å². The van der Waals surface area contributed by atoms with Crippen LogP contribution in [-0.2, 0) is 9.59 Å². The molecule has 0 aromatic heterocycles.